The molecule has 33 heavy (non-hydrogen) atoms. The molecule has 4 aromatic rings. The Morgan fingerprint density at radius 3 is 2.52 bits per heavy atom. The zero-order valence-corrected chi connectivity index (χ0v) is 18.2. The highest BCUT2D eigenvalue weighted by Crippen LogP contribution is 2.31. The van der Waals surface area contributed by atoms with Crippen LogP contribution in [0.3, 0.4) is 0 Å². The molecular formula is C26H24FN3O3. The molecule has 0 atom stereocenters. The second kappa shape index (κ2) is 10.2. The van der Waals surface area contributed by atoms with Crippen molar-refractivity contribution in [3.8, 4) is 34.0 Å². The first-order valence-electron chi connectivity index (χ1n) is 10.8. The molecule has 2 N–H and O–H groups in total. The Morgan fingerprint density at radius 2 is 1.79 bits per heavy atom. The minimum absolute atomic E-state index is 0.0880. The monoisotopic (exact) mass is 445 g/mol. The van der Waals surface area contributed by atoms with Gasteiger partial charge in [0.2, 0.25) is 5.82 Å². The largest absolute Gasteiger partial charge is 0.481 e. The molecule has 4 rings (SSSR count). The quantitative estimate of drug-likeness (QED) is 0.338. The molecule has 6 nitrogen and oxygen atoms in total. The summed E-state index contributed by atoms with van der Waals surface area (Å²) < 4.78 is 19.8. The normalized spacial score (nSPS) is 11.0. The fourth-order valence-corrected chi connectivity index (χ4v) is 3.62. The van der Waals surface area contributed by atoms with Crippen LogP contribution in [0.1, 0.15) is 24.5 Å². The molecule has 0 fully saturated rings. The number of nitrogens with one attached hydrogen (secondary N) is 1. The van der Waals surface area contributed by atoms with Crippen LogP contribution in [-0.2, 0) is 17.8 Å². The molecule has 0 amide bonds. The first-order valence-corrected chi connectivity index (χ1v) is 10.8. The van der Waals surface area contributed by atoms with Crippen LogP contribution in [0.15, 0.2) is 71.3 Å². The van der Waals surface area contributed by atoms with Gasteiger partial charge >= 0.3 is 5.97 Å². The predicted molar refractivity (Wildman–Crippen MR) is 124 cm³/mol. The lowest BCUT2D eigenvalue weighted by molar-refractivity contribution is -0.136. The topological polar surface area (TPSA) is 88.2 Å². The summed E-state index contributed by atoms with van der Waals surface area (Å²) in [5, 5.41) is 15.9. The van der Waals surface area contributed by atoms with E-state index in [-0.39, 0.29) is 12.2 Å². The molecule has 0 unspecified atom stereocenters. The van der Waals surface area contributed by atoms with E-state index in [1.165, 1.54) is 6.07 Å². The third-order valence-corrected chi connectivity index (χ3v) is 5.38. The molecule has 7 heteroatoms. The highest BCUT2D eigenvalue weighted by atomic mass is 19.1. The molecule has 0 aliphatic heterocycles. The van der Waals surface area contributed by atoms with Crippen molar-refractivity contribution in [2.24, 2.45) is 0 Å². The number of carboxylic acid groups (broad SMARTS) is 1. The Bertz CT molecular complexity index is 1250. The number of aromatic nitrogens is 2. The summed E-state index contributed by atoms with van der Waals surface area (Å²) in [4.78, 5) is 15.1. The fraction of sp³-hybridized carbons (Fsp3) is 0.192. The molecule has 0 saturated carbocycles. The molecule has 1 heterocycles. The second-order valence-corrected chi connectivity index (χ2v) is 7.65. The second-order valence-electron chi connectivity index (χ2n) is 7.65. The number of rotatable bonds is 9. The van der Waals surface area contributed by atoms with Crippen molar-refractivity contribution in [1.29, 1.82) is 0 Å². The van der Waals surface area contributed by atoms with Crippen LogP contribution >= 0.6 is 0 Å². The number of nitrogens with zero attached hydrogens (tertiary/aromatic N) is 2. The summed E-state index contributed by atoms with van der Waals surface area (Å²) >= 11 is 0. The lowest BCUT2D eigenvalue weighted by Gasteiger charge is -2.10. The Balaban J connectivity index is 1.50. The van der Waals surface area contributed by atoms with Gasteiger partial charge in [0.1, 0.15) is 5.82 Å². The summed E-state index contributed by atoms with van der Waals surface area (Å²) in [5.74, 6) is -0.190. The van der Waals surface area contributed by atoms with E-state index in [4.69, 9.17) is 9.63 Å². The van der Waals surface area contributed by atoms with Crippen LogP contribution in [0.2, 0.25) is 0 Å². The Hall–Kier alpha value is -3.84. The minimum Gasteiger partial charge on any atom is -0.481 e. The first-order chi connectivity index (χ1) is 16.0. The zero-order valence-electron chi connectivity index (χ0n) is 18.2. The van der Waals surface area contributed by atoms with Gasteiger partial charge in [-0.1, -0.05) is 60.6 Å². The van der Waals surface area contributed by atoms with Gasteiger partial charge in [0.15, 0.2) is 0 Å². The van der Waals surface area contributed by atoms with Crippen LogP contribution in [-0.4, -0.2) is 27.8 Å². The number of hydrogen-bond acceptors (Lipinski definition) is 5. The summed E-state index contributed by atoms with van der Waals surface area (Å²) in [7, 11) is 0. The number of aliphatic carboxylic acids is 1. The molecule has 0 radical (unpaired) electrons. The number of carbonyl (C=O) groups is 1. The highest BCUT2D eigenvalue weighted by molar-refractivity contribution is 5.72. The molecule has 168 valence electrons. The van der Waals surface area contributed by atoms with Gasteiger partial charge in [-0.25, -0.2) is 4.39 Å². The molecule has 0 aliphatic rings. The lowest BCUT2D eigenvalue weighted by atomic mass is 9.95. The van der Waals surface area contributed by atoms with E-state index in [0.29, 0.717) is 30.4 Å². The number of hydrogen-bond donors (Lipinski definition) is 2. The number of aryl methyl sites for hydroxylation is 1. The van der Waals surface area contributed by atoms with Gasteiger partial charge in [0, 0.05) is 29.8 Å². The summed E-state index contributed by atoms with van der Waals surface area (Å²) in [6.07, 6.45) is 0.825. The van der Waals surface area contributed by atoms with Crippen LogP contribution in [0.4, 0.5) is 4.39 Å². The van der Waals surface area contributed by atoms with Crippen LogP contribution < -0.4 is 5.32 Å². The van der Waals surface area contributed by atoms with E-state index in [1.807, 2.05) is 55.5 Å². The van der Waals surface area contributed by atoms with Crippen LogP contribution in [0.5, 0.6) is 0 Å². The highest BCUT2D eigenvalue weighted by Gasteiger charge is 2.14. The van der Waals surface area contributed by atoms with Crippen molar-refractivity contribution in [3.05, 3.63) is 83.7 Å². The summed E-state index contributed by atoms with van der Waals surface area (Å²) in [6.45, 7) is 3.03. The van der Waals surface area contributed by atoms with Gasteiger partial charge in [0.05, 0.1) is 6.42 Å². The predicted octanol–water partition coefficient (Wildman–Crippen LogP) is 5.34. The van der Waals surface area contributed by atoms with Crippen molar-refractivity contribution in [2.75, 3.05) is 6.54 Å². The fourth-order valence-electron chi connectivity index (χ4n) is 3.62. The number of benzene rings is 3. The van der Waals surface area contributed by atoms with Crippen molar-refractivity contribution < 1.29 is 18.8 Å². The van der Waals surface area contributed by atoms with E-state index in [0.717, 1.165) is 34.2 Å². The minimum atomic E-state index is -0.821. The van der Waals surface area contributed by atoms with Crippen molar-refractivity contribution in [2.45, 2.75) is 26.3 Å². The number of carboxylic acids is 1. The maximum Gasteiger partial charge on any atom is 0.304 e. The van der Waals surface area contributed by atoms with E-state index in [2.05, 4.69) is 15.5 Å². The van der Waals surface area contributed by atoms with Gasteiger partial charge in [-0.3, -0.25) is 4.79 Å². The first kappa shape index (κ1) is 22.4. The van der Waals surface area contributed by atoms with E-state index < -0.39 is 5.97 Å². The molecule has 3 aromatic carbocycles. The molecule has 0 saturated heterocycles. The van der Waals surface area contributed by atoms with Gasteiger partial charge in [-0.2, -0.15) is 4.98 Å². The smallest absolute Gasteiger partial charge is 0.304 e. The van der Waals surface area contributed by atoms with Crippen molar-refractivity contribution in [1.82, 2.24) is 15.5 Å². The maximum atomic E-state index is 14.3. The zero-order chi connectivity index (χ0) is 23.2. The molecule has 0 aliphatic carbocycles. The summed E-state index contributed by atoms with van der Waals surface area (Å²) in [6, 6.07) is 20.2. The maximum absolute atomic E-state index is 14.3. The third kappa shape index (κ3) is 5.32. The van der Waals surface area contributed by atoms with Crippen molar-refractivity contribution >= 4 is 5.97 Å². The van der Waals surface area contributed by atoms with Gasteiger partial charge in [-0.05, 0) is 41.3 Å². The summed E-state index contributed by atoms with van der Waals surface area (Å²) in [5.41, 5.74) is 5.06. The van der Waals surface area contributed by atoms with E-state index in [1.54, 1.807) is 12.1 Å². The number of halogens is 1. The average Bonchev–Trinajstić information content (AvgIpc) is 3.32. The lowest BCUT2D eigenvalue weighted by Crippen LogP contribution is -2.17. The van der Waals surface area contributed by atoms with Gasteiger partial charge in [0.25, 0.3) is 5.89 Å². The standard InChI is InChI=1S/C26H24FN3O3/c1-2-18-15-20(11-12-21(18)22-5-3-4-6-23(22)27)26-29-25(30-33-26)19-9-7-17(8-10-19)16-28-14-13-24(31)32/h3-12,15,28H,2,13-14,16H2,1H3,(H,31,32). The van der Waals surface area contributed by atoms with Crippen LogP contribution in [0, 0.1) is 5.82 Å². The van der Waals surface area contributed by atoms with E-state index >= 15 is 0 Å². The molecule has 0 bridgehead atoms. The molecule has 1 aromatic heterocycles. The molecule has 0 spiro atoms. The van der Waals surface area contributed by atoms with Crippen molar-refractivity contribution in [3.63, 3.8) is 0 Å². The van der Waals surface area contributed by atoms with E-state index in [9.17, 15) is 9.18 Å². The Morgan fingerprint density at radius 1 is 1.03 bits per heavy atom. The van der Waals surface area contributed by atoms with Gasteiger partial charge in [-0.15, -0.1) is 0 Å². The van der Waals surface area contributed by atoms with Gasteiger partial charge < -0.3 is 14.9 Å². The average molecular weight is 445 g/mol. The third-order valence-electron chi connectivity index (χ3n) is 5.38. The van der Waals surface area contributed by atoms with Crippen LogP contribution in [0.25, 0.3) is 34.0 Å². The Kier molecular flexibility index (Phi) is 6.90. The molecular weight excluding hydrogens is 421 g/mol. The Labute approximate surface area is 191 Å². The SMILES string of the molecule is CCc1cc(-c2nc(-c3ccc(CNCCC(=O)O)cc3)no2)ccc1-c1ccccc1F.